The van der Waals surface area contributed by atoms with E-state index < -0.39 is 18.0 Å². The van der Waals surface area contributed by atoms with Gasteiger partial charge in [0.15, 0.2) is 0 Å². The van der Waals surface area contributed by atoms with E-state index in [1.165, 1.54) is 0 Å². The number of rotatable bonds is 8. The van der Waals surface area contributed by atoms with Crippen LogP contribution in [0, 0.1) is 5.92 Å². The van der Waals surface area contributed by atoms with E-state index in [2.05, 4.69) is 10.6 Å². The lowest BCUT2D eigenvalue weighted by molar-refractivity contribution is -0.138. The quantitative estimate of drug-likeness (QED) is 0.547. The summed E-state index contributed by atoms with van der Waals surface area (Å²) in [5.74, 6) is -1.81. The van der Waals surface area contributed by atoms with Crippen molar-refractivity contribution in [1.82, 2.24) is 15.5 Å². The predicted octanol–water partition coefficient (Wildman–Crippen LogP) is 1.96. The van der Waals surface area contributed by atoms with Gasteiger partial charge in [-0.3, -0.25) is 14.4 Å². The number of aliphatic carboxylic acids is 1. The number of benzene rings is 2. The molecule has 1 atom stereocenters. The molecular weight excluding hydrogens is 438 g/mol. The van der Waals surface area contributed by atoms with Crippen LogP contribution in [0.2, 0.25) is 0 Å². The zero-order valence-electron chi connectivity index (χ0n) is 18.7. The third kappa shape index (κ3) is 5.36. The van der Waals surface area contributed by atoms with Crippen molar-refractivity contribution in [2.45, 2.75) is 18.8 Å². The number of carbonyl (C=O) groups is 4. The van der Waals surface area contributed by atoms with Gasteiger partial charge in [0.2, 0.25) is 11.8 Å². The summed E-state index contributed by atoms with van der Waals surface area (Å²) in [5, 5.41) is 13.7. The molecule has 1 unspecified atom stereocenters. The number of nitrogens with zero attached hydrogens (tertiary/aromatic N) is 1. The number of hydrogen-bond acceptors (Lipinski definition) is 5. The molecule has 3 amide bonds. The van der Waals surface area contributed by atoms with Crippen LogP contribution in [0.5, 0.6) is 0 Å². The molecule has 0 radical (unpaired) electrons. The summed E-state index contributed by atoms with van der Waals surface area (Å²) in [4.78, 5) is 48.8. The van der Waals surface area contributed by atoms with Gasteiger partial charge >= 0.3 is 12.1 Å². The SMILES string of the molecule is O=C(O)CC1CCN(C(=O)CNC(=O)CNC(=O)OCC2c3ccccc3-c3ccccc32)C1. The highest BCUT2D eigenvalue weighted by atomic mass is 16.5. The zero-order chi connectivity index (χ0) is 24.1. The van der Waals surface area contributed by atoms with Gasteiger partial charge in [0, 0.05) is 25.4 Å². The average Bonchev–Trinajstić information content (AvgIpc) is 3.42. The first-order chi connectivity index (χ1) is 16.4. The largest absolute Gasteiger partial charge is 0.481 e. The van der Waals surface area contributed by atoms with E-state index in [1.807, 2.05) is 48.5 Å². The van der Waals surface area contributed by atoms with Gasteiger partial charge in [0.1, 0.15) is 13.2 Å². The molecule has 0 bridgehead atoms. The summed E-state index contributed by atoms with van der Waals surface area (Å²) in [7, 11) is 0. The van der Waals surface area contributed by atoms with Crippen LogP contribution in [-0.2, 0) is 19.1 Å². The molecule has 178 valence electrons. The number of nitrogens with one attached hydrogen (secondary N) is 2. The van der Waals surface area contributed by atoms with E-state index in [1.54, 1.807) is 4.90 Å². The van der Waals surface area contributed by atoms with Crippen LogP contribution in [0.3, 0.4) is 0 Å². The summed E-state index contributed by atoms with van der Waals surface area (Å²) >= 11 is 0. The van der Waals surface area contributed by atoms with Gasteiger partial charge in [-0.15, -0.1) is 0 Å². The maximum absolute atomic E-state index is 12.2. The number of carbonyl (C=O) groups excluding carboxylic acids is 3. The Morgan fingerprint density at radius 1 is 0.941 bits per heavy atom. The van der Waals surface area contributed by atoms with E-state index in [0.29, 0.717) is 19.5 Å². The molecule has 0 spiro atoms. The van der Waals surface area contributed by atoms with Gasteiger partial charge < -0.3 is 25.4 Å². The molecule has 2 aliphatic rings. The Kier molecular flexibility index (Phi) is 7.10. The Morgan fingerprint density at radius 2 is 1.59 bits per heavy atom. The van der Waals surface area contributed by atoms with Gasteiger partial charge in [-0.05, 0) is 34.6 Å². The highest BCUT2D eigenvalue weighted by Crippen LogP contribution is 2.44. The van der Waals surface area contributed by atoms with Crippen LogP contribution < -0.4 is 10.6 Å². The van der Waals surface area contributed by atoms with Crippen molar-refractivity contribution in [2.24, 2.45) is 5.92 Å². The van der Waals surface area contributed by atoms with Gasteiger partial charge in [0.25, 0.3) is 0 Å². The van der Waals surface area contributed by atoms with Crippen molar-refractivity contribution >= 4 is 23.9 Å². The Morgan fingerprint density at radius 3 is 2.24 bits per heavy atom. The van der Waals surface area contributed by atoms with Crippen LogP contribution in [0.4, 0.5) is 4.79 Å². The first kappa shape index (κ1) is 23.3. The average molecular weight is 466 g/mol. The Labute approximate surface area is 197 Å². The van der Waals surface area contributed by atoms with Crippen LogP contribution in [0.25, 0.3) is 11.1 Å². The van der Waals surface area contributed by atoms with E-state index >= 15 is 0 Å². The Hall–Kier alpha value is -3.88. The molecule has 1 saturated heterocycles. The van der Waals surface area contributed by atoms with Gasteiger partial charge in [-0.1, -0.05) is 48.5 Å². The summed E-state index contributed by atoms with van der Waals surface area (Å²) in [6.45, 7) is 0.479. The van der Waals surface area contributed by atoms with Crippen molar-refractivity contribution < 1.29 is 29.0 Å². The third-order valence-corrected chi connectivity index (χ3v) is 6.28. The van der Waals surface area contributed by atoms with Crippen LogP contribution in [0.15, 0.2) is 48.5 Å². The second-order valence-corrected chi connectivity index (χ2v) is 8.55. The van der Waals surface area contributed by atoms with E-state index in [-0.39, 0.29) is 43.9 Å². The first-order valence-electron chi connectivity index (χ1n) is 11.3. The molecular formula is C25H27N3O6. The van der Waals surface area contributed by atoms with Gasteiger partial charge in [-0.25, -0.2) is 4.79 Å². The molecule has 0 aromatic heterocycles. The minimum absolute atomic E-state index is 0.0280. The number of likely N-dealkylation sites (tertiary alicyclic amines) is 1. The minimum atomic E-state index is -0.882. The molecule has 2 aromatic carbocycles. The molecule has 34 heavy (non-hydrogen) atoms. The topological polar surface area (TPSA) is 125 Å². The molecule has 9 nitrogen and oxygen atoms in total. The molecule has 9 heteroatoms. The number of hydrogen-bond donors (Lipinski definition) is 3. The predicted molar refractivity (Wildman–Crippen MR) is 123 cm³/mol. The number of alkyl carbamates (subject to hydrolysis) is 1. The Bertz CT molecular complexity index is 1060. The number of ether oxygens (including phenoxy) is 1. The molecule has 1 heterocycles. The third-order valence-electron chi connectivity index (χ3n) is 6.28. The van der Waals surface area contributed by atoms with Crippen molar-refractivity contribution in [1.29, 1.82) is 0 Å². The number of carboxylic acids is 1. The first-order valence-corrected chi connectivity index (χ1v) is 11.3. The lowest BCUT2D eigenvalue weighted by Crippen LogP contribution is -2.43. The molecule has 1 fully saturated rings. The lowest BCUT2D eigenvalue weighted by Gasteiger charge is -2.17. The second kappa shape index (κ2) is 10.4. The van der Waals surface area contributed by atoms with Crippen molar-refractivity contribution in [3.63, 3.8) is 0 Å². The van der Waals surface area contributed by atoms with Gasteiger partial charge in [-0.2, -0.15) is 0 Å². The second-order valence-electron chi connectivity index (χ2n) is 8.55. The monoisotopic (exact) mass is 465 g/mol. The molecule has 0 saturated carbocycles. The smallest absolute Gasteiger partial charge is 0.407 e. The number of carboxylic acid groups (broad SMARTS) is 1. The molecule has 2 aromatic rings. The summed E-state index contributed by atoms with van der Waals surface area (Å²) < 4.78 is 5.39. The van der Waals surface area contributed by atoms with E-state index in [4.69, 9.17) is 9.84 Å². The van der Waals surface area contributed by atoms with Crippen molar-refractivity contribution in [3.05, 3.63) is 59.7 Å². The fraction of sp³-hybridized carbons (Fsp3) is 0.360. The van der Waals surface area contributed by atoms with E-state index in [0.717, 1.165) is 22.3 Å². The fourth-order valence-corrected chi connectivity index (χ4v) is 4.62. The Balaban J connectivity index is 1.19. The maximum Gasteiger partial charge on any atom is 0.407 e. The normalized spacial score (nSPS) is 16.5. The standard InChI is InChI=1S/C25H27N3O6/c29-22(26-13-23(30)28-10-9-16(14-28)11-24(31)32)12-27-25(33)34-15-21-19-7-3-1-5-17(19)18-6-2-4-8-20(18)21/h1-8,16,21H,9-15H2,(H,26,29)(H,27,33)(H,31,32). The molecule has 3 N–H and O–H groups in total. The van der Waals surface area contributed by atoms with Crippen LogP contribution in [0.1, 0.15) is 29.9 Å². The highest BCUT2D eigenvalue weighted by molar-refractivity contribution is 5.87. The molecule has 4 rings (SSSR count). The molecule has 1 aliphatic carbocycles. The van der Waals surface area contributed by atoms with Crippen molar-refractivity contribution in [3.8, 4) is 11.1 Å². The van der Waals surface area contributed by atoms with E-state index in [9.17, 15) is 19.2 Å². The van der Waals surface area contributed by atoms with Crippen LogP contribution >= 0.6 is 0 Å². The summed E-state index contributed by atoms with van der Waals surface area (Å²) in [6, 6.07) is 16.0. The molecule has 1 aliphatic heterocycles. The summed E-state index contributed by atoms with van der Waals surface area (Å²) in [6.07, 6.45) is -0.0467. The fourth-order valence-electron chi connectivity index (χ4n) is 4.62. The zero-order valence-corrected chi connectivity index (χ0v) is 18.7. The maximum atomic E-state index is 12.2. The van der Waals surface area contributed by atoms with Crippen molar-refractivity contribution in [2.75, 3.05) is 32.8 Å². The summed E-state index contributed by atoms with van der Waals surface area (Å²) in [5.41, 5.74) is 4.45. The number of amides is 3. The van der Waals surface area contributed by atoms with Gasteiger partial charge in [0.05, 0.1) is 6.54 Å². The van der Waals surface area contributed by atoms with Crippen LogP contribution in [-0.4, -0.2) is 66.7 Å². The number of fused-ring (bicyclic) bond motifs is 3. The highest BCUT2D eigenvalue weighted by Gasteiger charge is 2.29. The lowest BCUT2D eigenvalue weighted by atomic mass is 9.98. The minimum Gasteiger partial charge on any atom is -0.481 e.